The average molecular weight is 498 g/mol. The summed E-state index contributed by atoms with van der Waals surface area (Å²) < 4.78 is 39.5. The molecule has 1 aliphatic rings. The molecule has 0 saturated heterocycles. The first kappa shape index (κ1) is 24.6. The molecule has 1 unspecified atom stereocenters. The van der Waals surface area contributed by atoms with Crippen LogP contribution in [-0.4, -0.2) is 44.1 Å². The van der Waals surface area contributed by atoms with Crippen LogP contribution in [0.4, 0.5) is 13.2 Å². The molecule has 5 rings (SSSR count). The van der Waals surface area contributed by atoms with E-state index in [0.29, 0.717) is 46.4 Å². The molecule has 0 amide bonds. The molecule has 1 fully saturated rings. The van der Waals surface area contributed by atoms with Gasteiger partial charge in [-0.3, -0.25) is 23.6 Å². The maximum absolute atomic E-state index is 12.7. The zero-order chi connectivity index (χ0) is 24.9. The third-order valence-electron chi connectivity index (χ3n) is 5.49. The number of halogens is 3. The lowest BCUT2D eigenvalue weighted by Crippen LogP contribution is -2.26. The van der Waals surface area contributed by atoms with Crippen molar-refractivity contribution in [2.75, 3.05) is 7.18 Å². The highest BCUT2D eigenvalue weighted by atomic mass is 32.2. The fraction of sp³-hybridized carbons (Fsp3) is 0.292. The van der Waals surface area contributed by atoms with E-state index in [2.05, 4.69) is 30.7 Å². The smallest absolute Gasteiger partial charge is 0.254 e. The summed E-state index contributed by atoms with van der Waals surface area (Å²) >= 11 is 1.09. The largest absolute Gasteiger partial charge is 0.274 e. The number of nitriles is 1. The Bertz CT molecular complexity index is 1330. The van der Waals surface area contributed by atoms with E-state index in [4.69, 9.17) is 0 Å². The van der Waals surface area contributed by atoms with Gasteiger partial charge in [-0.25, -0.2) is 18.7 Å². The van der Waals surface area contributed by atoms with Gasteiger partial charge >= 0.3 is 0 Å². The first-order valence-corrected chi connectivity index (χ1v) is 11.6. The molecule has 0 radical (unpaired) electrons. The fourth-order valence-corrected chi connectivity index (χ4v) is 4.27. The highest BCUT2D eigenvalue weighted by Gasteiger charge is 2.27. The monoisotopic (exact) mass is 497 g/mol. The van der Waals surface area contributed by atoms with Crippen molar-refractivity contribution in [3.8, 4) is 23.3 Å². The minimum Gasteiger partial charge on any atom is -0.274 e. The Hall–Kier alpha value is -3.49. The Kier molecular flexibility index (Phi) is 7.63. The molecule has 4 aromatic heterocycles. The van der Waals surface area contributed by atoms with Gasteiger partial charge in [-0.1, -0.05) is 0 Å². The van der Waals surface area contributed by atoms with E-state index < -0.39 is 12.5 Å². The molecule has 1 atom stereocenters. The van der Waals surface area contributed by atoms with Crippen LogP contribution in [0.15, 0.2) is 54.1 Å². The molecule has 4 heterocycles. The van der Waals surface area contributed by atoms with E-state index in [0.717, 1.165) is 35.7 Å². The van der Waals surface area contributed by atoms with Crippen molar-refractivity contribution < 1.29 is 13.2 Å². The second-order valence-electron chi connectivity index (χ2n) is 7.87. The van der Waals surface area contributed by atoms with Crippen LogP contribution >= 0.6 is 11.9 Å². The van der Waals surface area contributed by atoms with Gasteiger partial charge < -0.3 is 0 Å². The number of pyridine rings is 2. The molecule has 1 N–H and O–H groups in total. The average Bonchev–Trinajstić information content (AvgIpc) is 3.70. The molecule has 35 heavy (non-hydrogen) atoms. The third-order valence-corrected chi connectivity index (χ3v) is 6.45. The van der Waals surface area contributed by atoms with Gasteiger partial charge in [-0.15, -0.1) is 0 Å². The third kappa shape index (κ3) is 5.13. The van der Waals surface area contributed by atoms with Crippen molar-refractivity contribution in [1.29, 1.82) is 5.26 Å². The Labute approximate surface area is 204 Å². The van der Waals surface area contributed by atoms with Gasteiger partial charge in [-0.05, 0) is 61.4 Å². The molecule has 1 saturated carbocycles. The van der Waals surface area contributed by atoms with Gasteiger partial charge in [0.15, 0.2) is 5.82 Å². The van der Waals surface area contributed by atoms with Gasteiger partial charge in [-0.2, -0.15) is 5.26 Å². The zero-order valence-corrected chi connectivity index (χ0v) is 19.8. The summed E-state index contributed by atoms with van der Waals surface area (Å²) in [7, 11) is 0.500. The van der Waals surface area contributed by atoms with E-state index in [1.807, 2.05) is 12.3 Å². The van der Waals surface area contributed by atoms with Gasteiger partial charge in [0, 0.05) is 35.1 Å². The Morgan fingerprint density at radius 1 is 1.11 bits per heavy atom. The van der Waals surface area contributed by atoms with E-state index in [9.17, 15) is 18.4 Å². The summed E-state index contributed by atoms with van der Waals surface area (Å²) in [5.41, 5.74) is 3.32. The lowest BCUT2D eigenvalue weighted by atomic mass is 10.1. The summed E-state index contributed by atoms with van der Waals surface area (Å²) in [5, 5.41) is 10.8. The van der Waals surface area contributed by atoms with Crippen LogP contribution in [0.25, 0.3) is 28.2 Å². The van der Waals surface area contributed by atoms with E-state index in [-0.39, 0.29) is 0 Å². The van der Waals surface area contributed by atoms with Gasteiger partial charge in [0.05, 0.1) is 36.4 Å². The number of hydrogen-bond donors (Lipinski definition) is 1. The summed E-state index contributed by atoms with van der Waals surface area (Å²) in [5.74, 6) is 1.02. The molecule has 1 aliphatic carbocycles. The second-order valence-corrected chi connectivity index (χ2v) is 8.78. The van der Waals surface area contributed by atoms with Crippen LogP contribution in [0.5, 0.6) is 0 Å². The van der Waals surface area contributed by atoms with Crippen LogP contribution < -0.4 is 4.72 Å². The number of nitrogens with zero attached hydrogens (tertiary/aromatic N) is 6. The second kappa shape index (κ2) is 10.8. The standard InChI is InChI=1S/C23H19F2N7S.CH3F/c1-13(22(24)25)31-33-16-4-5-19(29-11-16)21-18(9-26)17-8-15(14-2-3-14)10-30-23(17)32(21)20-12-27-6-7-28-20;1-2/h4-8,10-14,22,31H,2-3H2,1H3;1H3. The molecule has 0 bridgehead atoms. The lowest BCUT2D eigenvalue weighted by molar-refractivity contribution is 0.117. The maximum Gasteiger partial charge on any atom is 0.254 e. The predicted octanol–water partition coefficient (Wildman–Crippen LogP) is 5.46. The van der Waals surface area contributed by atoms with Crippen molar-refractivity contribution in [2.24, 2.45) is 0 Å². The first-order chi connectivity index (χ1) is 17.1. The molecule has 11 heteroatoms. The van der Waals surface area contributed by atoms with Crippen molar-refractivity contribution in [1.82, 2.24) is 29.2 Å². The predicted molar refractivity (Wildman–Crippen MR) is 128 cm³/mol. The number of alkyl halides is 3. The number of nitrogens with one attached hydrogen (secondary N) is 1. The van der Waals surface area contributed by atoms with Crippen LogP contribution in [0, 0.1) is 11.3 Å². The Morgan fingerprint density at radius 3 is 2.51 bits per heavy atom. The minimum atomic E-state index is -2.46. The molecule has 0 spiro atoms. The number of aromatic nitrogens is 5. The number of fused-ring (bicyclic) bond motifs is 1. The SMILES string of the molecule is CC(NSc1ccc(-c2c(C#N)c3cc(C4CC4)cnc3n2-c2cnccn2)nc1)C(F)F.CF. The van der Waals surface area contributed by atoms with E-state index >= 15 is 0 Å². The quantitative estimate of drug-likeness (QED) is 0.339. The first-order valence-electron chi connectivity index (χ1n) is 10.8. The topological polar surface area (TPSA) is 92.3 Å². The van der Waals surface area contributed by atoms with Gasteiger partial charge in [0.25, 0.3) is 6.43 Å². The Morgan fingerprint density at radius 2 is 1.91 bits per heavy atom. The number of rotatable bonds is 7. The van der Waals surface area contributed by atoms with Crippen molar-refractivity contribution in [3.05, 3.63) is 60.3 Å². The summed E-state index contributed by atoms with van der Waals surface area (Å²) in [4.78, 5) is 18.5. The van der Waals surface area contributed by atoms with Gasteiger partial charge in [0.1, 0.15) is 11.7 Å². The van der Waals surface area contributed by atoms with Crippen LogP contribution in [0.2, 0.25) is 0 Å². The highest BCUT2D eigenvalue weighted by Crippen LogP contribution is 2.42. The molecule has 7 nitrogen and oxygen atoms in total. The minimum absolute atomic E-state index is 0.461. The van der Waals surface area contributed by atoms with Crippen molar-refractivity contribution >= 4 is 23.0 Å². The number of hydrogen-bond acceptors (Lipinski definition) is 7. The van der Waals surface area contributed by atoms with Crippen LogP contribution in [-0.2, 0) is 0 Å². The fourth-order valence-electron chi connectivity index (χ4n) is 3.60. The van der Waals surface area contributed by atoms with Gasteiger partial charge in [0.2, 0.25) is 0 Å². The molecule has 4 aromatic rings. The summed E-state index contributed by atoms with van der Waals surface area (Å²) in [6, 6.07) is 6.96. The Balaban J connectivity index is 0.00000141. The van der Waals surface area contributed by atoms with Crippen molar-refractivity contribution in [3.63, 3.8) is 0 Å². The summed E-state index contributed by atoms with van der Waals surface area (Å²) in [6.45, 7) is 1.42. The van der Waals surface area contributed by atoms with Crippen molar-refractivity contribution in [2.45, 2.75) is 43.0 Å². The maximum atomic E-state index is 12.7. The molecule has 0 aliphatic heterocycles. The highest BCUT2D eigenvalue weighted by molar-refractivity contribution is 7.97. The van der Waals surface area contributed by atoms with Crippen LogP contribution in [0.1, 0.15) is 36.8 Å². The lowest BCUT2D eigenvalue weighted by Gasteiger charge is -2.12. The summed E-state index contributed by atoms with van der Waals surface area (Å²) in [6.07, 6.45) is 8.03. The molecular weight excluding hydrogens is 475 g/mol. The normalized spacial score (nSPS) is 13.9. The molecule has 180 valence electrons. The van der Waals surface area contributed by atoms with E-state index in [1.54, 1.807) is 41.5 Å². The van der Waals surface area contributed by atoms with Crippen LogP contribution in [0.3, 0.4) is 0 Å². The zero-order valence-electron chi connectivity index (χ0n) is 19.0. The molecular formula is C24H22F3N7S. The molecule has 0 aromatic carbocycles. The van der Waals surface area contributed by atoms with E-state index in [1.165, 1.54) is 6.92 Å².